The summed E-state index contributed by atoms with van der Waals surface area (Å²) in [5, 5.41) is 0.746. The molecule has 2 aromatic carbocycles. The molecule has 1 aromatic heterocycles. The van der Waals surface area contributed by atoms with E-state index in [-0.39, 0.29) is 5.56 Å². The fourth-order valence-corrected chi connectivity index (χ4v) is 3.93. The second-order valence-electron chi connectivity index (χ2n) is 5.65. The molecule has 0 spiro atoms. The second kappa shape index (κ2) is 8.34. The molecule has 0 fully saturated rings. The number of aryl methyl sites for hydroxylation is 1. The first-order valence-corrected chi connectivity index (χ1v) is 10.3. The Kier molecular flexibility index (Phi) is 6.15. The van der Waals surface area contributed by atoms with E-state index in [9.17, 15) is 4.79 Å². The lowest BCUT2D eigenvalue weighted by atomic mass is 10.2. The molecule has 0 unspecified atom stereocenters. The Balaban J connectivity index is 1.85. The molecule has 3 nitrogen and oxygen atoms in total. The van der Waals surface area contributed by atoms with Crippen molar-refractivity contribution in [3.05, 3.63) is 90.7 Å². The summed E-state index contributed by atoms with van der Waals surface area (Å²) < 4.78 is 4.20. The summed E-state index contributed by atoms with van der Waals surface area (Å²) in [6, 6.07) is 18.0. The van der Waals surface area contributed by atoms with Crippen molar-refractivity contribution < 1.29 is 0 Å². The van der Waals surface area contributed by atoms with Crippen LogP contribution in [0.25, 0.3) is 0 Å². The first kappa shape index (κ1) is 18.4. The van der Waals surface area contributed by atoms with Gasteiger partial charge in [-0.1, -0.05) is 67.9 Å². The summed E-state index contributed by atoms with van der Waals surface area (Å²) in [7, 11) is 0. The highest BCUT2D eigenvalue weighted by atomic mass is 79.9. The van der Waals surface area contributed by atoms with Crippen molar-refractivity contribution >= 4 is 43.6 Å². The van der Waals surface area contributed by atoms with Crippen LogP contribution in [0.4, 0.5) is 0 Å². The lowest BCUT2D eigenvalue weighted by Gasteiger charge is -2.15. The third kappa shape index (κ3) is 5.06. The lowest BCUT2D eigenvalue weighted by Crippen LogP contribution is -2.17. The van der Waals surface area contributed by atoms with E-state index >= 15 is 0 Å². The van der Waals surface area contributed by atoms with E-state index in [2.05, 4.69) is 65.7 Å². The number of halogens is 2. The first-order chi connectivity index (χ1) is 12.0. The molecule has 0 saturated carbocycles. The zero-order chi connectivity index (χ0) is 17.8. The van der Waals surface area contributed by atoms with Crippen molar-refractivity contribution in [3.8, 4) is 0 Å². The molecule has 0 aliphatic rings. The van der Waals surface area contributed by atoms with Crippen molar-refractivity contribution in [2.24, 2.45) is 0 Å². The number of hydrogen-bond donors (Lipinski definition) is 0. The minimum Gasteiger partial charge on any atom is -0.320 e. The summed E-state index contributed by atoms with van der Waals surface area (Å²) >= 11 is 8.49. The number of rotatable bonds is 5. The van der Waals surface area contributed by atoms with Crippen molar-refractivity contribution in [2.75, 3.05) is 0 Å². The van der Waals surface area contributed by atoms with Gasteiger partial charge in [0, 0.05) is 33.0 Å². The average Bonchev–Trinajstić information content (AvgIpc) is 2.59. The molecule has 0 aliphatic heterocycles. The Morgan fingerprint density at radius 1 is 0.960 bits per heavy atom. The molecule has 0 atom stereocenters. The van der Waals surface area contributed by atoms with Crippen LogP contribution in [0.1, 0.15) is 16.8 Å². The van der Waals surface area contributed by atoms with Gasteiger partial charge in [-0.05, 0) is 42.3 Å². The van der Waals surface area contributed by atoms with E-state index in [0.717, 1.165) is 25.5 Å². The van der Waals surface area contributed by atoms with Crippen LogP contribution in [0.3, 0.4) is 0 Å². The number of hydrogen-bond acceptors (Lipinski definition) is 3. The van der Waals surface area contributed by atoms with Gasteiger partial charge in [0.15, 0.2) is 5.16 Å². The van der Waals surface area contributed by atoms with Gasteiger partial charge in [-0.3, -0.25) is 4.79 Å². The fourth-order valence-electron chi connectivity index (χ4n) is 2.40. The monoisotopic (exact) mass is 478 g/mol. The molecule has 0 N–H and O–H groups in total. The lowest BCUT2D eigenvalue weighted by molar-refractivity contribution is 0.639. The summed E-state index contributed by atoms with van der Waals surface area (Å²) in [6.07, 6.45) is 0. The van der Waals surface area contributed by atoms with Crippen molar-refractivity contribution in [2.45, 2.75) is 24.4 Å². The minimum atomic E-state index is -0.192. The van der Waals surface area contributed by atoms with Crippen molar-refractivity contribution in [3.63, 3.8) is 0 Å². The molecule has 3 aromatic rings. The number of thioether (sulfide) groups is 1. The number of benzene rings is 2. The summed E-state index contributed by atoms with van der Waals surface area (Å²) in [6.45, 7) is 2.64. The van der Waals surface area contributed by atoms with E-state index in [1.54, 1.807) is 17.8 Å². The van der Waals surface area contributed by atoms with Crippen LogP contribution in [0, 0.1) is 6.92 Å². The van der Waals surface area contributed by atoms with Crippen LogP contribution in [-0.4, -0.2) is 9.55 Å². The van der Waals surface area contributed by atoms with Crippen molar-refractivity contribution in [1.29, 1.82) is 0 Å². The number of nitrogens with zero attached hydrogens (tertiary/aromatic N) is 2. The van der Waals surface area contributed by atoms with Gasteiger partial charge < -0.3 is 4.57 Å². The van der Waals surface area contributed by atoms with Gasteiger partial charge in [0.1, 0.15) is 0 Å². The molecule has 1 heterocycles. The van der Waals surface area contributed by atoms with Gasteiger partial charge in [0.05, 0.1) is 0 Å². The van der Waals surface area contributed by atoms with Crippen LogP contribution in [0.2, 0.25) is 0 Å². The highest BCUT2D eigenvalue weighted by Crippen LogP contribution is 2.23. The topological polar surface area (TPSA) is 34.9 Å². The first-order valence-electron chi connectivity index (χ1n) is 7.71. The SMILES string of the molecule is Cc1cc(=O)nc(SCc2ccc(Br)cc2)n1Cc1ccc(Br)cc1. The molecule has 0 radical (unpaired) electrons. The smallest absolute Gasteiger partial charge is 0.273 e. The second-order valence-corrected chi connectivity index (χ2v) is 8.42. The third-order valence-corrected chi connectivity index (χ3v) is 5.83. The van der Waals surface area contributed by atoms with Gasteiger partial charge in [0.25, 0.3) is 5.56 Å². The molecule has 25 heavy (non-hydrogen) atoms. The maximum Gasteiger partial charge on any atom is 0.273 e. The van der Waals surface area contributed by atoms with E-state index in [1.165, 1.54) is 11.1 Å². The van der Waals surface area contributed by atoms with E-state index in [4.69, 9.17) is 0 Å². The number of aromatic nitrogens is 2. The Labute approximate surface area is 167 Å². The molecule has 128 valence electrons. The van der Waals surface area contributed by atoms with Gasteiger partial charge in [0.2, 0.25) is 0 Å². The zero-order valence-corrected chi connectivity index (χ0v) is 17.6. The van der Waals surface area contributed by atoms with E-state index in [0.29, 0.717) is 6.54 Å². The minimum absolute atomic E-state index is 0.192. The molecule has 6 heteroatoms. The Morgan fingerprint density at radius 2 is 1.52 bits per heavy atom. The maximum absolute atomic E-state index is 11.9. The predicted molar refractivity (Wildman–Crippen MR) is 110 cm³/mol. The highest BCUT2D eigenvalue weighted by molar-refractivity contribution is 9.10. The molecule has 0 bridgehead atoms. The summed E-state index contributed by atoms with van der Waals surface area (Å²) in [4.78, 5) is 16.1. The Morgan fingerprint density at radius 3 is 2.12 bits per heavy atom. The Bertz CT molecular complexity index is 922. The largest absolute Gasteiger partial charge is 0.320 e. The summed E-state index contributed by atoms with van der Waals surface area (Å²) in [5.74, 6) is 0.767. The molecule has 0 amide bonds. The third-order valence-electron chi connectivity index (χ3n) is 3.73. The Hall–Kier alpha value is -1.37. The van der Waals surface area contributed by atoms with Gasteiger partial charge in [-0.15, -0.1) is 0 Å². The normalized spacial score (nSPS) is 10.8. The van der Waals surface area contributed by atoms with Gasteiger partial charge in [-0.2, -0.15) is 4.98 Å². The summed E-state index contributed by atoms with van der Waals surface area (Å²) in [5.41, 5.74) is 3.09. The molecule has 3 rings (SSSR count). The van der Waals surface area contributed by atoms with Gasteiger partial charge in [-0.25, -0.2) is 0 Å². The van der Waals surface area contributed by atoms with Crippen LogP contribution in [-0.2, 0) is 12.3 Å². The molecule has 0 saturated heterocycles. The van der Waals surface area contributed by atoms with E-state index < -0.39 is 0 Å². The van der Waals surface area contributed by atoms with Crippen LogP contribution in [0.5, 0.6) is 0 Å². The van der Waals surface area contributed by atoms with Gasteiger partial charge >= 0.3 is 0 Å². The quantitative estimate of drug-likeness (QED) is 0.362. The average molecular weight is 480 g/mol. The van der Waals surface area contributed by atoms with Crippen LogP contribution >= 0.6 is 43.6 Å². The predicted octanol–water partition coefficient (Wildman–Crippen LogP) is 5.42. The molecule has 0 aliphatic carbocycles. The van der Waals surface area contributed by atoms with Crippen molar-refractivity contribution in [1.82, 2.24) is 9.55 Å². The zero-order valence-electron chi connectivity index (χ0n) is 13.6. The fraction of sp³-hybridized carbons (Fsp3) is 0.158. The van der Waals surface area contributed by atoms with Crippen LogP contribution in [0.15, 0.2) is 73.5 Å². The standard InChI is InChI=1S/C19H16Br2N2OS/c1-13-10-18(24)22-19(25-12-15-4-8-17(21)9-5-15)23(13)11-14-2-6-16(20)7-3-14/h2-10H,11-12H2,1H3. The molecular weight excluding hydrogens is 464 g/mol. The maximum atomic E-state index is 11.9. The highest BCUT2D eigenvalue weighted by Gasteiger charge is 2.09. The van der Waals surface area contributed by atoms with E-state index in [1.807, 2.05) is 31.2 Å². The van der Waals surface area contributed by atoms with Crippen LogP contribution < -0.4 is 5.56 Å². The molecular formula is C19H16Br2N2OS.